The molecule has 162 valence electrons. The average molecular weight is 536 g/mol. The summed E-state index contributed by atoms with van der Waals surface area (Å²) in [4.78, 5) is 16.0. The van der Waals surface area contributed by atoms with E-state index in [0.29, 0.717) is 12.5 Å². The maximum absolute atomic E-state index is 13.6. The first-order valence-electron chi connectivity index (χ1n) is 8.98. The van der Waals surface area contributed by atoms with E-state index in [-0.39, 0.29) is 41.8 Å². The van der Waals surface area contributed by atoms with E-state index in [1.54, 1.807) is 6.07 Å². The number of hydrogen-bond acceptors (Lipinski definition) is 2. The minimum atomic E-state index is -1.65. The van der Waals surface area contributed by atoms with E-state index in [1.807, 2.05) is 6.07 Å². The third kappa shape index (κ3) is 5.61. The molecule has 0 aromatic heterocycles. The van der Waals surface area contributed by atoms with E-state index < -0.39 is 29.0 Å². The Kier molecular flexibility index (Phi) is 8.04. The fourth-order valence-electron chi connectivity index (χ4n) is 2.99. The lowest BCUT2D eigenvalue weighted by molar-refractivity contribution is -0.115. The van der Waals surface area contributed by atoms with E-state index in [2.05, 4.69) is 20.9 Å². The molecule has 0 spiro atoms. The van der Waals surface area contributed by atoms with Crippen LogP contribution in [0.2, 0.25) is 0 Å². The Labute approximate surface area is 188 Å². The normalized spacial score (nSPS) is 14.5. The molecule has 5 nitrogen and oxygen atoms in total. The number of guanidine groups is 1. The number of rotatable bonds is 6. The fraction of sp³-hybridized carbons (Fsp3) is 0.300. The van der Waals surface area contributed by atoms with Gasteiger partial charge >= 0.3 is 0 Å². The highest BCUT2D eigenvalue weighted by Gasteiger charge is 2.44. The monoisotopic (exact) mass is 536 g/mol. The molecule has 1 aliphatic carbocycles. The highest BCUT2D eigenvalue weighted by atomic mass is 127. The number of halogens is 5. The number of carbonyl (C=O) groups is 1. The highest BCUT2D eigenvalue weighted by Crippen LogP contribution is 2.47. The predicted octanol–water partition coefficient (Wildman–Crippen LogP) is 3.70. The SMILES string of the molecule is CN=C(NCC(=O)Nc1ccc(F)c(F)c1F)NCC1(c2cccc(F)c2)CC1.I. The molecule has 0 atom stereocenters. The van der Waals surface area contributed by atoms with Crippen LogP contribution in [0.25, 0.3) is 0 Å². The smallest absolute Gasteiger partial charge is 0.243 e. The number of amides is 1. The molecule has 1 amide bonds. The lowest BCUT2D eigenvalue weighted by atomic mass is 9.96. The summed E-state index contributed by atoms with van der Waals surface area (Å²) >= 11 is 0. The van der Waals surface area contributed by atoms with Crippen LogP contribution in [0, 0.1) is 23.3 Å². The second kappa shape index (κ2) is 10.1. The number of hydrogen-bond donors (Lipinski definition) is 3. The molecule has 0 aliphatic heterocycles. The lowest BCUT2D eigenvalue weighted by Crippen LogP contribution is -2.44. The van der Waals surface area contributed by atoms with Gasteiger partial charge in [-0.05, 0) is 42.7 Å². The van der Waals surface area contributed by atoms with Crippen LogP contribution in [-0.4, -0.2) is 32.0 Å². The summed E-state index contributed by atoms with van der Waals surface area (Å²) in [5.41, 5.74) is 0.255. The van der Waals surface area contributed by atoms with Crippen LogP contribution >= 0.6 is 24.0 Å². The molecule has 10 heteroatoms. The summed E-state index contributed by atoms with van der Waals surface area (Å²) in [5, 5.41) is 8.02. The van der Waals surface area contributed by atoms with E-state index >= 15 is 0 Å². The van der Waals surface area contributed by atoms with E-state index in [9.17, 15) is 22.4 Å². The first-order chi connectivity index (χ1) is 13.8. The second-order valence-electron chi connectivity index (χ2n) is 6.84. The Morgan fingerprint density at radius 3 is 2.43 bits per heavy atom. The number of anilines is 1. The maximum Gasteiger partial charge on any atom is 0.243 e. The number of benzene rings is 2. The third-order valence-corrected chi connectivity index (χ3v) is 4.83. The number of nitrogens with one attached hydrogen (secondary N) is 3. The standard InChI is InChI=1S/C20H20F4N4O.HI/c1-25-19(27-11-20(7-8-20)12-3-2-4-13(21)9-12)26-10-16(29)28-15-6-5-14(22)17(23)18(15)24;/h2-6,9H,7-8,10-11H2,1H3,(H,28,29)(H2,25,26,27);1H. The molecule has 1 fully saturated rings. The molecule has 0 bridgehead atoms. The van der Waals surface area contributed by atoms with E-state index in [1.165, 1.54) is 19.2 Å². The molecule has 2 aromatic carbocycles. The van der Waals surface area contributed by atoms with Gasteiger partial charge in [0.05, 0.1) is 12.2 Å². The zero-order valence-electron chi connectivity index (χ0n) is 16.1. The van der Waals surface area contributed by atoms with Gasteiger partial charge in [0, 0.05) is 19.0 Å². The molecule has 2 aromatic rings. The van der Waals surface area contributed by atoms with Gasteiger partial charge in [-0.15, -0.1) is 24.0 Å². The van der Waals surface area contributed by atoms with Crippen molar-refractivity contribution >= 4 is 41.5 Å². The number of nitrogens with zero attached hydrogens (tertiary/aromatic N) is 1. The molecule has 0 radical (unpaired) electrons. The van der Waals surface area contributed by atoms with Crippen LogP contribution in [0.5, 0.6) is 0 Å². The van der Waals surface area contributed by atoms with Crippen LogP contribution in [0.4, 0.5) is 23.2 Å². The summed E-state index contributed by atoms with van der Waals surface area (Å²) in [7, 11) is 1.52. The molecular formula is C20H21F4IN4O. The third-order valence-electron chi connectivity index (χ3n) is 4.83. The molecule has 0 saturated heterocycles. The van der Waals surface area contributed by atoms with E-state index in [0.717, 1.165) is 30.5 Å². The van der Waals surface area contributed by atoms with Crippen molar-refractivity contribution in [2.24, 2.45) is 4.99 Å². The van der Waals surface area contributed by atoms with Crippen LogP contribution in [0.3, 0.4) is 0 Å². The van der Waals surface area contributed by atoms with Gasteiger partial charge in [0.15, 0.2) is 23.4 Å². The van der Waals surface area contributed by atoms with Gasteiger partial charge in [0.25, 0.3) is 0 Å². The van der Waals surface area contributed by atoms with Crippen molar-refractivity contribution < 1.29 is 22.4 Å². The maximum atomic E-state index is 13.6. The van der Waals surface area contributed by atoms with Gasteiger partial charge in [-0.2, -0.15) is 0 Å². The van der Waals surface area contributed by atoms with Crippen molar-refractivity contribution in [3.8, 4) is 0 Å². The topological polar surface area (TPSA) is 65.5 Å². The molecule has 0 unspecified atom stereocenters. The van der Waals surface area contributed by atoms with Gasteiger partial charge in [-0.25, -0.2) is 17.6 Å². The Morgan fingerprint density at radius 1 is 1.07 bits per heavy atom. The summed E-state index contributed by atoms with van der Waals surface area (Å²) < 4.78 is 53.3. The van der Waals surface area contributed by atoms with Crippen molar-refractivity contribution in [2.45, 2.75) is 18.3 Å². The number of aliphatic imine (C=N–C) groups is 1. The van der Waals surface area contributed by atoms with Gasteiger partial charge < -0.3 is 16.0 Å². The molecule has 30 heavy (non-hydrogen) atoms. The molecule has 1 aliphatic rings. The number of carbonyl (C=O) groups excluding carboxylic acids is 1. The minimum absolute atomic E-state index is 0. The molecule has 0 heterocycles. The first kappa shape index (κ1) is 23.9. The van der Waals surface area contributed by atoms with Gasteiger partial charge in [0.1, 0.15) is 5.82 Å². The van der Waals surface area contributed by atoms with Crippen molar-refractivity contribution in [3.05, 3.63) is 65.2 Å². The van der Waals surface area contributed by atoms with Crippen LogP contribution in [0.15, 0.2) is 41.4 Å². The quantitative estimate of drug-likeness (QED) is 0.174. The lowest BCUT2D eigenvalue weighted by Gasteiger charge is -2.19. The van der Waals surface area contributed by atoms with Gasteiger partial charge in [0.2, 0.25) is 5.91 Å². The van der Waals surface area contributed by atoms with Crippen molar-refractivity contribution in [2.75, 3.05) is 25.5 Å². The highest BCUT2D eigenvalue weighted by molar-refractivity contribution is 14.0. The predicted molar refractivity (Wildman–Crippen MR) is 117 cm³/mol. The van der Waals surface area contributed by atoms with Crippen molar-refractivity contribution in [1.29, 1.82) is 0 Å². The zero-order valence-corrected chi connectivity index (χ0v) is 18.4. The molecule has 3 rings (SSSR count). The Bertz CT molecular complexity index is 950. The second-order valence-corrected chi connectivity index (χ2v) is 6.84. The Morgan fingerprint density at radius 2 is 1.80 bits per heavy atom. The first-order valence-corrected chi connectivity index (χ1v) is 8.98. The van der Waals surface area contributed by atoms with Crippen LogP contribution in [-0.2, 0) is 10.2 Å². The largest absolute Gasteiger partial charge is 0.356 e. The minimum Gasteiger partial charge on any atom is -0.356 e. The molecule has 3 N–H and O–H groups in total. The molecule has 1 saturated carbocycles. The summed E-state index contributed by atoms with van der Waals surface area (Å²) in [6.07, 6.45) is 1.80. The Hall–Kier alpha value is -2.37. The van der Waals surface area contributed by atoms with E-state index in [4.69, 9.17) is 0 Å². The Balaban J connectivity index is 0.00000320. The summed E-state index contributed by atoms with van der Waals surface area (Å²) in [5.74, 6) is -5.09. The van der Waals surface area contributed by atoms with Crippen LogP contribution < -0.4 is 16.0 Å². The van der Waals surface area contributed by atoms with Crippen molar-refractivity contribution in [3.63, 3.8) is 0 Å². The fourth-order valence-corrected chi connectivity index (χ4v) is 2.99. The van der Waals surface area contributed by atoms with Crippen molar-refractivity contribution in [1.82, 2.24) is 10.6 Å². The zero-order chi connectivity index (χ0) is 21.0. The van der Waals surface area contributed by atoms with Crippen LogP contribution in [0.1, 0.15) is 18.4 Å². The molecular weight excluding hydrogens is 515 g/mol. The summed E-state index contributed by atoms with van der Waals surface area (Å²) in [6.45, 7) is 0.223. The van der Waals surface area contributed by atoms with Gasteiger partial charge in [-0.1, -0.05) is 12.1 Å². The van der Waals surface area contributed by atoms with Gasteiger partial charge in [-0.3, -0.25) is 9.79 Å². The summed E-state index contributed by atoms with van der Waals surface area (Å²) in [6, 6.07) is 8.10. The average Bonchev–Trinajstić information content (AvgIpc) is 3.50.